The summed E-state index contributed by atoms with van der Waals surface area (Å²) in [6.07, 6.45) is 1.28. The normalized spacial score (nSPS) is 17.7. The second-order valence-corrected chi connectivity index (χ2v) is 4.83. The monoisotopic (exact) mass is 304 g/mol. The van der Waals surface area contributed by atoms with Gasteiger partial charge in [-0.1, -0.05) is 11.6 Å². The maximum absolute atomic E-state index is 11.9. The first-order valence-electron chi connectivity index (χ1n) is 6.01. The summed E-state index contributed by atoms with van der Waals surface area (Å²) < 4.78 is 5.22. The molecule has 1 fully saturated rings. The van der Waals surface area contributed by atoms with Crippen molar-refractivity contribution in [2.75, 3.05) is 20.2 Å². The highest BCUT2D eigenvalue weighted by molar-refractivity contribution is 6.30. The molecule has 19 heavy (non-hydrogen) atoms. The average Bonchev–Trinajstić information content (AvgIpc) is 2.82. The minimum Gasteiger partial charge on any atom is -0.496 e. The van der Waals surface area contributed by atoms with Gasteiger partial charge in [-0.05, 0) is 31.2 Å². The van der Waals surface area contributed by atoms with Gasteiger partial charge in [0.05, 0.1) is 13.5 Å². The highest BCUT2D eigenvalue weighted by Crippen LogP contribution is 2.23. The van der Waals surface area contributed by atoms with Gasteiger partial charge in [0.2, 0.25) is 5.91 Å². The van der Waals surface area contributed by atoms with E-state index in [9.17, 15) is 4.79 Å². The van der Waals surface area contributed by atoms with Crippen LogP contribution in [0.15, 0.2) is 18.2 Å². The van der Waals surface area contributed by atoms with Gasteiger partial charge in [-0.2, -0.15) is 0 Å². The molecule has 1 heterocycles. The predicted octanol–water partition coefficient (Wildman–Crippen LogP) is 1.79. The van der Waals surface area contributed by atoms with Gasteiger partial charge in [0.1, 0.15) is 5.75 Å². The number of rotatable bonds is 4. The molecule has 0 spiro atoms. The first kappa shape index (κ1) is 16.1. The molecule has 0 aromatic heterocycles. The lowest BCUT2D eigenvalue weighted by molar-refractivity contribution is -0.121. The van der Waals surface area contributed by atoms with E-state index in [1.807, 2.05) is 0 Å². The van der Waals surface area contributed by atoms with Crippen molar-refractivity contribution in [2.24, 2.45) is 0 Å². The molecule has 1 aliphatic heterocycles. The molecule has 1 saturated heterocycles. The van der Waals surface area contributed by atoms with Gasteiger partial charge >= 0.3 is 0 Å². The summed E-state index contributed by atoms with van der Waals surface area (Å²) >= 11 is 5.93. The van der Waals surface area contributed by atoms with Crippen LogP contribution in [-0.2, 0) is 11.2 Å². The van der Waals surface area contributed by atoms with E-state index in [-0.39, 0.29) is 24.4 Å². The van der Waals surface area contributed by atoms with Gasteiger partial charge in [-0.15, -0.1) is 12.4 Å². The summed E-state index contributed by atoms with van der Waals surface area (Å²) in [5.41, 5.74) is 0.813. The Bertz CT molecular complexity index is 435. The zero-order valence-electron chi connectivity index (χ0n) is 10.7. The molecule has 2 rings (SSSR count). The molecule has 1 aromatic rings. The third-order valence-corrected chi connectivity index (χ3v) is 3.25. The zero-order chi connectivity index (χ0) is 13.0. The number of hydrogen-bond donors (Lipinski definition) is 2. The number of hydrogen-bond acceptors (Lipinski definition) is 3. The fraction of sp³-hybridized carbons (Fsp3) is 0.462. The molecular formula is C13H18Cl2N2O2. The van der Waals surface area contributed by atoms with E-state index in [2.05, 4.69) is 10.6 Å². The lowest BCUT2D eigenvalue weighted by Gasteiger charge is -2.13. The predicted molar refractivity (Wildman–Crippen MR) is 78.4 cm³/mol. The molecular weight excluding hydrogens is 287 g/mol. The molecule has 1 amide bonds. The standard InChI is InChI=1S/C13H17ClN2O2.ClH/c1-18-12-3-2-10(14)6-9(12)7-13(17)16-11-4-5-15-8-11;/h2-3,6,11,15H,4-5,7-8H2,1H3,(H,16,17);1H. The van der Waals surface area contributed by atoms with Gasteiger partial charge in [0, 0.05) is 23.2 Å². The molecule has 0 radical (unpaired) electrons. The average molecular weight is 305 g/mol. The first-order valence-corrected chi connectivity index (χ1v) is 6.39. The summed E-state index contributed by atoms with van der Waals surface area (Å²) in [5.74, 6) is 0.698. The second-order valence-electron chi connectivity index (χ2n) is 4.39. The van der Waals surface area contributed by atoms with Crippen LogP contribution in [0.2, 0.25) is 5.02 Å². The van der Waals surface area contributed by atoms with Crippen molar-refractivity contribution < 1.29 is 9.53 Å². The number of carbonyl (C=O) groups is 1. The lowest BCUT2D eigenvalue weighted by Crippen LogP contribution is -2.37. The van der Waals surface area contributed by atoms with E-state index in [1.54, 1.807) is 25.3 Å². The van der Waals surface area contributed by atoms with E-state index < -0.39 is 0 Å². The maximum atomic E-state index is 11.9. The summed E-state index contributed by atoms with van der Waals surface area (Å²) in [5, 5.41) is 6.82. The molecule has 1 aliphatic rings. The van der Waals surface area contributed by atoms with Crippen LogP contribution in [0.3, 0.4) is 0 Å². The van der Waals surface area contributed by atoms with Crippen LogP contribution in [0.5, 0.6) is 5.75 Å². The summed E-state index contributed by atoms with van der Waals surface area (Å²) in [7, 11) is 1.59. The van der Waals surface area contributed by atoms with Crippen molar-refractivity contribution in [1.29, 1.82) is 0 Å². The van der Waals surface area contributed by atoms with Crippen LogP contribution in [0.4, 0.5) is 0 Å². The first-order chi connectivity index (χ1) is 8.69. The molecule has 2 N–H and O–H groups in total. The van der Waals surface area contributed by atoms with Crippen LogP contribution < -0.4 is 15.4 Å². The number of nitrogens with one attached hydrogen (secondary N) is 2. The third-order valence-electron chi connectivity index (χ3n) is 3.02. The topological polar surface area (TPSA) is 50.4 Å². The molecule has 0 aliphatic carbocycles. The summed E-state index contributed by atoms with van der Waals surface area (Å²) in [4.78, 5) is 11.9. The van der Waals surface area contributed by atoms with Crippen molar-refractivity contribution >= 4 is 29.9 Å². The number of ether oxygens (including phenoxy) is 1. The van der Waals surface area contributed by atoms with E-state index in [1.165, 1.54) is 0 Å². The van der Waals surface area contributed by atoms with Crippen molar-refractivity contribution in [2.45, 2.75) is 18.9 Å². The lowest BCUT2D eigenvalue weighted by atomic mass is 10.1. The number of halogens is 2. The van der Waals surface area contributed by atoms with Crippen LogP contribution in [-0.4, -0.2) is 32.1 Å². The van der Waals surface area contributed by atoms with Gasteiger partial charge < -0.3 is 15.4 Å². The van der Waals surface area contributed by atoms with Crippen LogP contribution in [0, 0.1) is 0 Å². The second kappa shape index (κ2) is 7.58. The molecule has 106 valence electrons. The smallest absolute Gasteiger partial charge is 0.224 e. The molecule has 1 aromatic carbocycles. The van der Waals surface area contributed by atoms with Crippen molar-refractivity contribution in [3.8, 4) is 5.75 Å². The van der Waals surface area contributed by atoms with E-state index >= 15 is 0 Å². The Balaban J connectivity index is 0.00000180. The highest BCUT2D eigenvalue weighted by atomic mass is 35.5. The van der Waals surface area contributed by atoms with E-state index in [4.69, 9.17) is 16.3 Å². The Kier molecular flexibility index (Phi) is 6.42. The summed E-state index contributed by atoms with van der Waals surface area (Å²) in [6, 6.07) is 5.54. The van der Waals surface area contributed by atoms with Gasteiger partial charge in [-0.25, -0.2) is 0 Å². The fourth-order valence-electron chi connectivity index (χ4n) is 2.11. The number of benzene rings is 1. The Morgan fingerprint density at radius 2 is 2.37 bits per heavy atom. The van der Waals surface area contributed by atoms with Gasteiger partial charge in [0.15, 0.2) is 0 Å². The molecule has 0 saturated carbocycles. The van der Waals surface area contributed by atoms with Gasteiger partial charge in [0.25, 0.3) is 0 Å². The Hall–Kier alpha value is -0.970. The van der Waals surface area contributed by atoms with Crippen LogP contribution >= 0.6 is 24.0 Å². The minimum atomic E-state index is 0. The Labute approximate surface area is 124 Å². The van der Waals surface area contributed by atoms with Crippen molar-refractivity contribution in [3.05, 3.63) is 28.8 Å². The quantitative estimate of drug-likeness (QED) is 0.892. The Morgan fingerprint density at radius 1 is 1.58 bits per heavy atom. The van der Waals surface area contributed by atoms with Gasteiger partial charge in [-0.3, -0.25) is 4.79 Å². The molecule has 1 atom stereocenters. The maximum Gasteiger partial charge on any atom is 0.224 e. The van der Waals surface area contributed by atoms with Crippen molar-refractivity contribution in [3.63, 3.8) is 0 Å². The van der Waals surface area contributed by atoms with E-state index in [0.717, 1.165) is 25.1 Å². The summed E-state index contributed by atoms with van der Waals surface area (Å²) in [6.45, 7) is 1.81. The van der Waals surface area contributed by atoms with Crippen molar-refractivity contribution in [1.82, 2.24) is 10.6 Å². The number of methoxy groups -OCH3 is 1. The number of carbonyl (C=O) groups excluding carboxylic acids is 1. The SMILES string of the molecule is COc1ccc(Cl)cc1CC(=O)NC1CCNC1.Cl. The molecule has 1 unspecified atom stereocenters. The molecule has 6 heteroatoms. The number of amides is 1. The van der Waals surface area contributed by atoms with Crippen LogP contribution in [0.25, 0.3) is 0 Å². The van der Waals surface area contributed by atoms with Crippen LogP contribution in [0.1, 0.15) is 12.0 Å². The molecule has 0 bridgehead atoms. The molecule has 4 nitrogen and oxygen atoms in total. The Morgan fingerprint density at radius 3 is 3.00 bits per heavy atom. The zero-order valence-corrected chi connectivity index (χ0v) is 12.3. The fourth-order valence-corrected chi connectivity index (χ4v) is 2.31. The highest BCUT2D eigenvalue weighted by Gasteiger charge is 2.17. The third kappa shape index (κ3) is 4.56. The largest absolute Gasteiger partial charge is 0.496 e. The van der Waals surface area contributed by atoms with E-state index in [0.29, 0.717) is 17.2 Å². The minimum absolute atomic E-state index is 0.